The molecule has 0 fully saturated rings. The number of nitrogens with zero attached hydrogens (tertiary/aromatic N) is 3. The van der Waals surface area contributed by atoms with Crippen LogP contribution in [0.25, 0.3) is 0 Å². The highest BCUT2D eigenvalue weighted by atomic mass is 35.5. The number of sulfonamides is 1. The summed E-state index contributed by atoms with van der Waals surface area (Å²) >= 11 is 6.09. The molecule has 0 radical (unpaired) electrons. The topological polar surface area (TPSA) is 130 Å². The zero-order chi connectivity index (χ0) is 27.2. The third-order valence-electron chi connectivity index (χ3n) is 5.61. The molecule has 2 amide bonds. The number of nitro groups is 1. The second kappa shape index (κ2) is 11.8. The lowest BCUT2D eigenvalue weighted by atomic mass is 10.1. The Morgan fingerprint density at radius 2 is 1.68 bits per heavy atom. The zero-order valence-corrected chi connectivity index (χ0v) is 21.6. The average Bonchev–Trinajstić information content (AvgIpc) is 2.89. The van der Waals surface area contributed by atoms with Crippen molar-refractivity contribution < 1.29 is 22.9 Å². The molecule has 0 aromatic heterocycles. The molecular weight excluding hydrogens is 520 g/mol. The standard InChI is InChI=1S/C25H25ClN4O6S/c1-18(25(32)27-2)28(16-19-7-6-8-20(26)15-19)24(31)17-29(21-11-13-22(14-12-21)30(33)34)37(35,36)23-9-4-3-5-10-23/h3-15,18H,16-17H2,1-2H3,(H,27,32). The van der Waals surface area contributed by atoms with Gasteiger partial charge in [0.25, 0.3) is 15.7 Å². The largest absolute Gasteiger partial charge is 0.357 e. The first-order valence-corrected chi connectivity index (χ1v) is 12.9. The molecule has 3 rings (SSSR count). The van der Waals surface area contributed by atoms with Crippen molar-refractivity contribution >= 4 is 44.8 Å². The number of anilines is 1. The van der Waals surface area contributed by atoms with E-state index >= 15 is 0 Å². The summed E-state index contributed by atoms with van der Waals surface area (Å²) in [5, 5.41) is 14.0. The third kappa shape index (κ3) is 6.63. The van der Waals surface area contributed by atoms with Crippen LogP contribution in [0.5, 0.6) is 0 Å². The molecule has 3 aromatic rings. The minimum absolute atomic E-state index is 0.00648. The fourth-order valence-electron chi connectivity index (χ4n) is 3.61. The van der Waals surface area contributed by atoms with Crippen LogP contribution in [-0.2, 0) is 26.2 Å². The second-order valence-electron chi connectivity index (χ2n) is 8.04. The summed E-state index contributed by atoms with van der Waals surface area (Å²) in [6.07, 6.45) is 0. The van der Waals surface area contributed by atoms with Crippen molar-refractivity contribution in [3.8, 4) is 0 Å². The lowest BCUT2D eigenvalue weighted by Gasteiger charge is -2.31. The van der Waals surface area contributed by atoms with E-state index < -0.39 is 39.3 Å². The highest BCUT2D eigenvalue weighted by Crippen LogP contribution is 2.26. The van der Waals surface area contributed by atoms with E-state index in [-0.39, 0.29) is 22.8 Å². The zero-order valence-electron chi connectivity index (χ0n) is 20.1. The van der Waals surface area contributed by atoms with Crippen LogP contribution in [0.2, 0.25) is 5.02 Å². The maximum absolute atomic E-state index is 13.6. The number of non-ortho nitro benzene ring substituents is 1. The van der Waals surface area contributed by atoms with Gasteiger partial charge < -0.3 is 10.2 Å². The number of hydrogen-bond donors (Lipinski definition) is 1. The van der Waals surface area contributed by atoms with Gasteiger partial charge in [0.15, 0.2) is 0 Å². The van der Waals surface area contributed by atoms with Gasteiger partial charge in [0.2, 0.25) is 11.8 Å². The smallest absolute Gasteiger partial charge is 0.269 e. The normalized spacial score (nSPS) is 11.9. The van der Waals surface area contributed by atoms with Crippen LogP contribution < -0.4 is 9.62 Å². The monoisotopic (exact) mass is 544 g/mol. The van der Waals surface area contributed by atoms with Crippen molar-refractivity contribution in [2.75, 3.05) is 17.9 Å². The van der Waals surface area contributed by atoms with Gasteiger partial charge in [-0.2, -0.15) is 0 Å². The predicted molar refractivity (Wildman–Crippen MR) is 140 cm³/mol. The van der Waals surface area contributed by atoms with E-state index in [1.54, 1.807) is 42.5 Å². The Balaban J connectivity index is 2.04. The van der Waals surface area contributed by atoms with Crippen molar-refractivity contribution in [2.24, 2.45) is 0 Å². The molecule has 0 heterocycles. The number of carbonyl (C=O) groups excluding carboxylic acids is 2. The van der Waals surface area contributed by atoms with E-state index in [1.165, 1.54) is 43.1 Å². The van der Waals surface area contributed by atoms with Crippen molar-refractivity contribution in [3.05, 3.63) is 99.6 Å². The minimum atomic E-state index is -4.25. The summed E-state index contributed by atoms with van der Waals surface area (Å²) in [6, 6.07) is 18.2. The summed E-state index contributed by atoms with van der Waals surface area (Å²) in [6.45, 7) is 0.869. The number of halogens is 1. The number of amides is 2. The Bertz CT molecular complexity index is 1380. The maximum Gasteiger partial charge on any atom is 0.269 e. The molecular formula is C25H25ClN4O6S. The van der Waals surface area contributed by atoms with Gasteiger partial charge in [0.05, 0.1) is 15.5 Å². The number of likely N-dealkylation sites (N-methyl/N-ethyl adjacent to an activating group) is 1. The highest BCUT2D eigenvalue weighted by Gasteiger charge is 2.32. The van der Waals surface area contributed by atoms with E-state index in [0.717, 1.165) is 16.4 Å². The van der Waals surface area contributed by atoms with Crippen LogP contribution in [0.4, 0.5) is 11.4 Å². The van der Waals surface area contributed by atoms with Crippen molar-refractivity contribution in [1.82, 2.24) is 10.2 Å². The molecule has 0 aliphatic heterocycles. The summed E-state index contributed by atoms with van der Waals surface area (Å²) < 4.78 is 28.1. The first-order chi connectivity index (χ1) is 17.5. The molecule has 1 atom stereocenters. The van der Waals surface area contributed by atoms with Crippen LogP contribution in [0.15, 0.2) is 83.8 Å². The van der Waals surface area contributed by atoms with Gasteiger partial charge in [-0.05, 0) is 48.9 Å². The van der Waals surface area contributed by atoms with Crippen molar-refractivity contribution in [3.63, 3.8) is 0 Å². The van der Waals surface area contributed by atoms with Crippen LogP contribution in [-0.4, -0.2) is 49.7 Å². The van der Waals surface area contributed by atoms with Crippen LogP contribution in [0, 0.1) is 10.1 Å². The summed E-state index contributed by atoms with van der Waals surface area (Å²) in [5.41, 5.74) is 0.463. The van der Waals surface area contributed by atoms with E-state index in [4.69, 9.17) is 11.6 Å². The summed E-state index contributed by atoms with van der Waals surface area (Å²) in [4.78, 5) is 37.8. The number of hydrogen-bond acceptors (Lipinski definition) is 6. The number of benzene rings is 3. The molecule has 194 valence electrons. The SMILES string of the molecule is CNC(=O)C(C)N(Cc1cccc(Cl)c1)C(=O)CN(c1ccc([N+](=O)[O-])cc1)S(=O)(=O)c1ccccc1. The van der Waals surface area contributed by atoms with Crippen molar-refractivity contribution in [2.45, 2.75) is 24.4 Å². The molecule has 0 spiro atoms. The summed E-state index contributed by atoms with van der Waals surface area (Å²) in [5.74, 6) is -1.10. The van der Waals surface area contributed by atoms with Crippen LogP contribution in [0.1, 0.15) is 12.5 Å². The van der Waals surface area contributed by atoms with Crippen molar-refractivity contribution in [1.29, 1.82) is 0 Å². The van der Waals surface area contributed by atoms with Crippen LogP contribution >= 0.6 is 11.6 Å². The molecule has 37 heavy (non-hydrogen) atoms. The van der Waals surface area contributed by atoms with Gasteiger partial charge in [-0.3, -0.25) is 24.0 Å². The number of nitro benzene ring substituents is 1. The van der Waals surface area contributed by atoms with Gasteiger partial charge >= 0.3 is 0 Å². The molecule has 0 aliphatic rings. The molecule has 0 saturated carbocycles. The molecule has 1 N–H and O–H groups in total. The van der Waals surface area contributed by atoms with Crippen LogP contribution in [0.3, 0.4) is 0 Å². The fraction of sp³-hybridized carbons (Fsp3) is 0.200. The van der Waals surface area contributed by atoms with Gasteiger partial charge in [-0.25, -0.2) is 8.42 Å². The highest BCUT2D eigenvalue weighted by molar-refractivity contribution is 7.92. The maximum atomic E-state index is 13.6. The Morgan fingerprint density at radius 1 is 1.03 bits per heavy atom. The van der Waals surface area contributed by atoms with Gasteiger partial charge in [0.1, 0.15) is 12.6 Å². The molecule has 0 aliphatic carbocycles. The lowest BCUT2D eigenvalue weighted by molar-refractivity contribution is -0.384. The Kier molecular flexibility index (Phi) is 8.85. The number of rotatable bonds is 10. The van der Waals surface area contributed by atoms with E-state index in [0.29, 0.717) is 10.6 Å². The third-order valence-corrected chi connectivity index (χ3v) is 7.64. The molecule has 1 unspecified atom stereocenters. The first-order valence-electron chi connectivity index (χ1n) is 11.1. The van der Waals surface area contributed by atoms with Gasteiger partial charge in [-0.1, -0.05) is 41.9 Å². The molecule has 3 aromatic carbocycles. The fourth-order valence-corrected chi connectivity index (χ4v) is 5.26. The predicted octanol–water partition coefficient (Wildman–Crippen LogP) is 3.61. The van der Waals surface area contributed by atoms with Gasteiger partial charge in [0, 0.05) is 30.7 Å². The van der Waals surface area contributed by atoms with E-state index in [2.05, 4.69) is 5.32 Å². The first kappa shape index (κ1) is 27.6. The minimum Gasteiger partial charge on any atom is -0.357 e. The molecule has 0 saturated heterocycles. The Hall–Kier alpha value is -3.96. The van der Waals surface area contributed by atoms with E-state index in [9.17, 15) is 28.1 Å². The molecule has 10 nitrogen and oxygen atoms in total. The summed E-state index contributed by atoms with van der Waals surface area (Å²) in [7, 11) is -2.82. The van der Waals surface area contributed by atoms with Gasteiger partial charge in [-0.15, -0.1) is 0 Å². The molecule has 12 heteroatoms. The number of nitrogens with one attached hydrogen (secondary N) is 1. The van der Waals surface area contributed by atoms with E-state index in [1.807, 2.05) is 0 Å². The lowest BCUT2D eigenvalue weighted by Crippen LogP contribution is -2.50. The Labute approximate surface area is 219 Å². The Morgan fingerprint density at radius 3 is 2.24 bits per heavy atom. The second-order valence-corrected chi connectivity index (χ2v) is 10.3. The quantitative estimate of drug-likeness (QED) is 0.306. The number of carbonyl (C=O) groups is 2. The molecule has 0 bridgehead atoms. The average molecular weight is 545 g/mol.